The van der Waals surface area contributed by atoms with E-state index in [-0.39, 0.29) is 35.3 Å². The first-order valence-corrected chi connectivity index (χ1v) is 16.3. The molecule has 1 aromatic rings. The fourth-order valence-corrected chi connectivity index (χ4v) is 5.53. The third-order valence-electron chi connectivity index (χ3n) is 8.81. The zero-order valence-electron chi connectivity index (χ0n) is 29.0. The number of carbonyl (C=O) groups is 5. The molecule has 6 unspecified atom stereocenters. The van der Waals surface area contributed by atoms with Crippen molar-refractivity contribution in [1.82, 2.24) is 5.32 Å². The maximum atomic E-state index is 13.7. The number of carbonyl (C=O) groups excluding carboxylic acids is 5. The van der Waals surface area contributed by atoms with Crippen molar-refractivity contribution in [3.05, 3.63) is 106 Å². The molecule has 0 saturated heterocycles. The van der Waals surface area contributed by atoms with Gasteiger partial charge in [0.25, 0.3) is 5.78 Å². The zero-order chi connectivity index (χ0) is 37.4. The van der Waals surface area contributed by atoms with E-state index in [1.165, 1.54) is 44.2 Å². The predicted molar refractivity (Wildman–Crippen MR) is 188 cm³/mol. The fourth-order valence-electron chi connectivity index (χ4n) is 5.53. The van der Waals surface area contributed by atoms with Crippen LogP contribution in [-0.2, 0) is 14.4 Å². The summed E-state index contributed by atoms with van der Waals surface area (Å²) in [7, 11) is 0. The molecule has 50 heavy (non-hydrogen) atoms. The summed E-state index contributed by atoms with van der Waals surface area (Å²) in [4.78, 5) is 65.5. The number of aliphatic hydroxyl groups is 4. The summed E-state index contributed by atoms with van der Waals surface area (Å²) in [5.74, 6) is -7.27. The molecule has 11 heteroatoms. The molecule has 0 fully saturated rings. The first-order chi connectivity index (χ1) is 23.5. The highest BCUT2D eigenvalue weighted by Crippen LogP contribution is 2.37. The van der Waals surface area contributed by atoms with E-state index < -0.39 is 87.7 Å². The molecule has 11 nitrogen and oxygen atoms in total. The lowest BCUT2D eigenvalue weighted by atomic mass is 9.82. The van der Waals surface area contributed by atoms with Gasteiger partial charge in [-0.3, -0.25) is 24.0 Å². The maximum Gasteiger partial charge on any atom is 0.253 e. The number of Topliss-reactive ketones (excluding diaryl/α,β-unsaturated/α-hetero) is 4. The zero-order valence-corrected chi connectivity index (χ0v) is 29.0. The van der Waals surface area contributed by atoms with Crippen molar-refractivity contribution in [2.75, 3.05) is 0 Å². The summed E-state index contributed by atoms with van der Waals surface area (Å²) in [6.45, 7) is 9.57. The Hall–Kier alpha value is -4.97. The Balaban J connectivity index is 2.07. The van der Waals surface area contributed by atoms with Crippen molar-refractivity contribution in [2.24, 2.45) is 17.8 Å². The van der Waals surface area contributed by atoms with Gasteiger partial charge in [0.15, 0.2) is 17.3 Å². The van der Waals surface area contributed by atoms with Crippen LogP contribution in [0.15, 0.2) is 83.7 Å². The molecular formula is C39H45NO10. The summed E-state index contributed by atoms with van der Waals surface area (Å²) in [6, 6.07) is 1.23. The van der Waals surface area contributed by atoms with Gasteiger partial charge in [0.05, 0.1) is 29.4 Å². The Kier molecular flexibility index (Phi) is 13.5. The number of phenols is 1. The molecule has 3 aliphatic rings. The SMILES string of the molecule is CC1=CC(C)C(O)C(C)/C=C\C(O)C/C=C(/C)C(=O)CC(O)C(C)\C=C/C=C\C=C/C(=O)NC2=C(O)c3cc(C)c(O)c(c3C(=O)C2=O)C1=O. The van der Waals surface area contributed by atoms with E-state index in [1.807, 2.05) is 0 Å². The molecule has 4 bridgehead atoms. The van der Waals surface area contributed by atoms with Crippen molar-refractivity contribution in [3.8, 4) is 5.75 Å². The second kappa shape index (κ2) is 17.1. The van der Waals surface area contributed by atoms with Crippen LogP contribution in [0, 0.1) is 24.7 Å². The van der Waals surface area contributed by atoms with Crippen LogP contribution >= 0.6 is 0 Å². The second-order valence-electron chi connectivity index (χ2n) is 12.9. The molecule has 0 radical (unpaired) electrons. The first kappa shape index (κ1) is 39.5. The largest absolute Gasteiger partial charge is 0.507 e. The van der Waals surface area contributed by atoms with E-state index in [0.717, 1.165) is 6.08 Å². The normalized spacial score (nSPS) is 30.3. The summed E-state index contributed by atoms with van der Waals surface area (Å²) in [6.07, 6.45) is 11.9. The van der Waals surface area contributed by atoms with Crippen LogP contribution in [0.2, 0.25) is 0 Å². The third-order valence-corrected chi connectivity index (χ3v) is 8.81. The number of aliphatic hydroxyl groups excluding tert-OH is 4. The standard InChI is InChI=1S/C39H45NO10/c1-20-11-9-7-8-10-12-30(44)40-33-37(48)27-18-25(6)36(47)32(31(27)38(49)39(33)50)35(46)24(5)17-23(4)34(45)22(3)14-16-26(41)15-13-21(2)29(43)19-28(20)42/h7-14,16-18,20,22-23,26,28,34,41-42,45,47-48H,15,19H2,1-6H3,(H,40,44)/b8-7-,11-9-,12-10-,16-14-,21-13-,24-17?. The molecule has 1 aromatic carbocycles. The number of nitrogens with one attached hydrogen (secondary N) is 1. The predicted octanol–water partition coefficient (Wildman–Crippen LogP) is 4.46. The molecular weight excluding hydrogens is 642 g/mol. The highest BCUT2D eigenvalue weighted by molar-refractivity contribution is 6.53. The Morgan fingerprint density at radius 2 is 1.38 bits per heavy atom. The second-order valence-corrected chi connectivity index (χ2v) is 12.9. The molecule has 0 saturated carbocycles. The van der Waals surface area contributed by atoms with E-state index in [2.05, 4.69) is 5.32 Å². The summed E-state index contributed by atoms with van der Waals surface area (Å²) in [5, 5.41) is 56.2. The van der Waals surface area contributed by atoms with Gasteiger partial charge in [-0.1, -0.05) is 75.5 Å². The summed E-state index contributed by atoms with van der Waals surface area (Å²) >= 11 is 0. The molecule has 6 N–H and O–H groups in total. The van der Waals surface area contributed by atoms with Gasteiger partial charge in [0.2, 0.25) is 11.7 Å². The van der Waals surface area contributed by atoms with Gasteiger partial charge >= 0.3 is 0 Å². The van der Waals surface area contributed by atoms with E-state index in [0.29, 0.717) is 5.57 Å². The topological polar surface area (TPSA) is 199 Å². The lowest BCUT2D eigenvalue weighted by molar-refractivity contribution is -0.118. The Labute approximate surface area is 291 Å². The number of aryl methyl sites for hydroxylation is 1. The lowest BCUT2D eigenvalue weighted by Gasteiger charge is -2.23. The average molecular weight is 688 g/mol. The summed E-state index contributed by atoms with van der Waals surface area (Å²) < 4.78 is 0. The van der Waals surface area contributed by atoms with Crippen molar-refractivity contribution in [2.45, 2.75) is 72.7 Å². The maximum absolute atomic E-state index is 13.7. The van der Waals surface area contributed by atoms with E-state index in [1.54, 1.807) is 58.1 Å². The van der Waals surface area contributed by atoms with Crippen molar-refractivity contribution in [3.63, 3.8) is 0 Å². The van der Waals surface area contributed by atoms with E-state index >= 15 is 0 Å². The number of phenolic OH excluding ortho intramolecular Hbond substituents is 1. The number of benzene rings is 1. The number of allylic oxidation sites excluding steroid dienone is 7. The van der Waals surface area contributed by atoms with Crippen molar-refractivity contribution in [1.29, 1.82) is 0 Å². The number of hydrogen-bond acceptors (Lipinski definition) is 10. The van der Waals surface area contributed by atoms with Crippen LogP contribution in [0.4, 0.5) is 0 Å². The number of rotatable bonds is 0. The molecule has 6 atom stereocenters. The highest BCUT2D eigenvalue weighted by Gasteiger charge is 2.39. The lowest BCUT2D eigenvalue weighted by Crippen LogP contribution is -2.35. The van der Waals surface area contributed by atoms with Crippen LogP contribution in [-0.4, -0.2) is 72.9 Å². The Morgan fingerprint density at radius 3 is 2.06 bits per heavy atom. The first-order valence-electron chi connectivity index (χ1n) is 16.3. The van der Waals surface area contributed by atoms with Crippen molar-refractivity contribution < 1.29 is 49.5 Å². The molecule has 1 amide bonds. The number of hydrogen-bond donors (Lipinski definition) is 6. The van der Waals surface area contributed by atoms with Gasteiger partial charge in [-0.25, -0.2) is 0 Å². The number of aromatic hydroxyl groups is 1. The molecule has 266 valence electrons. The number of fused-ring (bicyclic) bond motifs is 18. The fraction of sp³-hybridized carbons (Fsp3) is 0.359. The van der Waals surface area contributed by atoms with E-state index in [4.69, 9.17) is 0 Å². The monoisotopic (exact) mass is 687 g/mol. The minimum Gasteiger partial charge on any atom is -0.507 e. The van der Waals surface area contributed by atoms with Crippen molar-refractivity contribution >= 4 is 34.8 Å². The summed E-state index contributed by atoms with van der Waals surface area (Å²) in [5.41, 5.74) is -1.36. The van der Waals surface area contributed by atoms with Crippen LogP contribution < -0.4 is 5.32 Å². The van der Waals surface area contributed by atoms with Gasteiger partial charge in [-0.2, -0.15) is 0 Å². The molecule has 0 aromatic heterocycles. The minimum absolute atomic E-state index is 0.0421. The highest BCUT2D eigenvalue weighted by atomic mass is 16.3. The van der Waals surface area contributed by atoms with Crippen LogP contribution in [0.1, 0.15) is 79.3 Å². The molecule has 0 spiro atoms. The minimum atomic E-state index is -1.29. The van der Waals surface area contributed by atoms with Gasteiger partial charge < -0.3 is 30.8 Å². The molecule has 4 rings (SSSR count). The van der Waals surface area contributed by atoms with Gasteiger partial charge in [0.1, 0.15) is 11.4 Å². The average Bonchev–Trinajstić information content (AvgIpc) is 3.07. The van der Waals surface area contributed by atoms with Crippen LogP contribution in [0.5, 0.6) is 5.75 Å². The number of amides is 1. The third kappa shape index (κ3) is 9.38. The van der Waals surface area contributed by atoms with Gasteiger partial charge in [-0.15, -0.1) is 0 Å². The van der Waals surface area contributed by atoms with Gasteiger partial charge in [0, 0.05) is 35.8 Å². The molecule has 1 aliphatic carbocycles. The quantitative estimate of drug-likeness (QED) is 0.167. The van der Waals surface area contributed by atoms with Crippen LogP contribution in [0.3, 0.4) is 0 Å². The number of ketones is 4. The van der Waals surface area contributed by atoms with Gasteiger partial charge in [-0.05, 0) is 50.0 Å². The molecule has 2 heterocycles. The van der Waals surface area contributed by atoms with Crippen LogP contribution in [0.25, 0.3) is 5.76 Å². The molecule has 2 aliphatic heterocycles. The Morgan fingerprint density at radius 1 is 0.720 bits per heavy atom. The smallest absolute Gasteiger partial charge is 0.253 e. The Bertz CT molecular complexity index is 1770. The van der Waals surface area contributed by atoms with E-state index in [9.17, 15) is 49.5 Å².